The lowest BCUT2D eigenvalue weighted by Crippen LogP contribution is -2.18. The Morgan fingerprint density at radius 1 is 1.30 bits per heavy atom. The molecule has 7 nitrogen and oxygen atoms in total. The summed E-state index contributed by atoms with van der Waals surface area (Å²) in [4.78, 5) is 16.9. The first-order valence-corrected chi connectivity index (χ1v) is 10.1. The van der Waals surface area contributed by atoms with Gasteiger partial charge in [0.2, 0.25) is 5.06 Å². The lowest BCUT2D eigenvalue weighted by atomic mass is 10.1. The third-order valence-electron chi connectivity index (χ3n) is 4.76. The zero-order valence-corrected chi connectivity index (χ0v) is 16.6. The van der Waals surface area contributed by atoms with Gasteiger partial charge in [-0.1, -0.05) is 6.07 Å². The number of carbonyl (C=O) groups is 1. The van der Waals surface area contributed by atoms with Crippen LogP contribution in [0.1, 0.15) is 16.9 Å². The van der Waals surface area contributed by atoms with Gasteiger partial charge in [0.25, 0.3) is 5.91 Å². The number of hydrogen-bond acceptors (Lipinski definition) is 7. The summed E-state index contributed by atoms with van der Waals surface area (Å²) in [5, 5.41) is 6.41. The topological polar surface area (TPSA) is 102 Å². The molecule has 0 bridgehead atoms. The van der Waals surface area contributed by atoms with Crippen molar-refractivity contribution in [3.05, 3.63) is 53.9 Å². The fourth-order valence-electron chi connectivity index (χ4n) is 3.18. The van der Waals surface area contributed by atoms with E-state index in [9.17, 15) is 13.6 Å². The second-order valence-electron chi connectivity index (χ2n) is 6.88. The molecule has 156 valence electrons. The maximum absolute atomic E-state index is 14.1. The summed E-state index contributed by atoms with van der Waals surface area (Å²) in [6.45, 7) is 2.37. The zero-order valence-electron chi connectivity index (χ0n) is 15.8. The van der Waals surface area contributed by atoms with E-state index < -0.39 is 17.5 Å². The van der Waals surface area contributed by atoms with E-state index in [1.165, 1.54) is 24.4 Å². The Kier molecular flexibility index (Phi) is 5.86. The summed E-state index contributed by atoms with van der Waals surface area (Å²) in [6, 6.07) is 6.25. The second kappa shape index (κ2) is 8.72. The summed E-state index contributed by atoms with van der Waals surface area (Å²) in [7, 11) is 0. The number of aromatic nitrogens is 2. The van der Waals surface area contributed by atoms with E-state index in [4.69, 9.17) is 10.5 Å². The van der Waals surface area contributed by atoms with Crippen LogP contribution in [0.3, 0.4) is 0 Å². The fraction of sp³-hybridized carbons (Fsp3) is 0.250. The van der Waals surface area contributed by atoms with Crippen LogP contribution in [-0.2, 0) is 0 Å². The van der Waals surface area contributed by atoms with Gasteiger partial charge in [0, 0.05) is 24.0 Å². The van der Waals surface area contributed by atoms with Crippen molar-refractivity contribution in [1.82, 2.24) is 14.7 Å². The molecular weight excluding hydrogens is 412 g/mol. The maximum Gasteiger partial charge on any atom is 0.276 e. The number of amides is 1. The number of anilines is 2. The average molecular weight is 431 g/mol. The smallest absolute Gasteiger partial charge is 0.276 e. The Labute approximate surface area is 175 Å². The molecule has 1 atom stereocenters. The summed E-state index contributed by atoms with van der Waals surface area (Å²) in [6.07, 6.45) is 2.50. The minimum atomic E-state index is -0.780. The summed E-state index contributed by atoms with van der Waals surface area (Å²) in [5.74, 6) is -1.78. The SMILES string of the molecule is Nc1ccc(-c2c(F)cccc2F)nc1C(=O)Nc1cnsc1OCC1CCNC1. The lowest BCUT2D eigenvalue weighted by molar-refractivity contribution is 0.102. The van der Waals surface area contributed by atoms with Crippen molar-refractivity contribution in [1.29, 1.82) is 0 Å². The third kappa shape index (κ3) is 4.24. The number of halogens is 2. The highest BCUT2D eigenvalue weighted by atomic mass is 32.1. The Balaban J connectivity index is 1.54. The number of nitrogen functional groups attached to an aromatic ring is 1. The predicted octanol–water partition coefficient (Wildman–Crippen LogP) is 3.31. The predicted molar refractivity (Wildman–Crippen MR) is 111 cm³/mol. The minimum absolute atomic E-state index is 0.0291. The Morgan fingerprint density at radius 2 is 2.10 bits per heavy atom. The highest BCUT2D eigenvalue weighted by Gasteiger charge is 2.21. The molecule has 4 rings (SSSR count). The van der Waals surface area contributed by atoms with Crippen LogP contribution in [-0.4, -0.2) is 35.0 Å². The van der Waals surface area contributed by atoms with E-state index >= 15 is 0 Å². The number of carbonyl (C=O) groups excluding carboxylic acids is 1. The lowest BCUT2D eigenvalue weighted by Gasteiger charge is -2.12. The van der Waals surface area contributed by atoms with Crippen LogP contribution in [0.15, 0.2) is 36.5 Å². The minimum Gasteiger partial charge on any atom is -0.481 e. The number of ether oxygens (including phenoxy) is 1. The molecule has 1 fully saturated rings. The van der Waals surface area contributed by atoms with Crippen LogP contribution in [0.2, 0.25) is 0 Å². The molecule has 30 heavy (non-hydrogen) atoms. The number of rotatable bonds is 6. The molecule has 1 aromatic carbocycles. The van der Waals surface area contributed by atoms with Crippen LogP contribution in [0.4, 0.5) is 20.2 Å². The summed E-state index contributed by atoms with van der Waals surface area (Å²) >= 11 is 1.12. The van der Waals surface area contributed by atoms with Crippen molar-refractivity contribution in [2.24, 2.45) is 5.92 Å². The van der Waals surface area contributed by atoms with E-state index in [1.54, 1.807) is 0 Å². The number of hydrogen-bond donors (Lipinski definition) is 3. The van der Waals surface area contributed by atoms with Crippen LogP contribution in [0.25, 0.3) is 11.3 Å². The third-order valence-corrected chi connectivity index (χ3v) is 5.47. The highest BCUT2D eigenvalue weighted by Crippen LogP contribution is 2.31. The Bertz CT molecular complexity index is 1050. The first-order valence-electron chi connectivity index (χ1n) is 9.33. The normalized spacial score (nSPS) is 15.9. The Hall–Kier alpha value is -3.11. The van der Waals surface area contributed by atoms with Crippen molar-refractivity contribution in [2.75, 3.05) is 30.7 Å². The number of nitrogens with one attached hydrogen (secondary N) is 2. The monoisotopic (exact) mass is 431 g/mol. The van der Waals surface area contributed by atoms with Gasteiger partial charge in [-0.05, 0) is 37.2 Å². The van der Waals surface area contributed by atoms with E-state index in [0.717, 1.165) is 43.2 Å². The summed E-state index contributed by atoms with van der Waals surface area (Å²) < 4.78 is 38.1. The number of nitrogens with two attached hydrogens (primary N) is 1. The van der Waals surface area contributed by atoms with Gasteiger partial charge in [0.1, 0.15) is 17.3 Å². The molecule has 1 aliphatic heterocycles. The maximum atomic E-state index is 14.1. The molecule has 4 N–H and O–H groups in total. The van der Waals surface area contributed by atoms with E-state index in [2.05, 4.69) is 20.0 Å². The zero-order chi connectivity index (χ0) is 21.1. The quantitative estimate of drug-likeness (QED) is 0.554. The standard InChI is InChI=1S/C20H19F2N5O2S/c21-12-2-1-3-13(22)17(12)15-5-4-14(23)18(26-15)19(28)27-16-9-25-30-20(16)29-10-11-6-7-24-8-11/h1-5,9,11,24H,6-8,10,23H2,(H,27,28). The molecule has 1 saturated heterocycles. The molecular formula is C20H19F2N5O2S. The summed E-state index contributed by atoms with van der Waals surface area (Å²) in [5.41, 5.74) is 5.86. The molecule has 2 aromatic heterocycles. The molecule has 0 spiro atoms. The van der Waals surface area contributed by atoms with Gasteiger partial charge in [0.05, 0.1) is 29.7 Å². The molecule has 10 heteroatoms. The first-order chi connectivity index (χ1) is 14.5. The van der Waals surface area contributed by atoms with Crippen LogP contribution in [0, 0.1) is 17.6 Å². The molecule has 1 unspecified atom stereocenters. The molecule has 3 aromatic rings. The molecule has 1 aliphatic rings. The van der Waals surface area contributed by atoms with Crippen molar-refractivity contribution in [3.63, 3.8) is 0 Å². The van der Waals surface area contributed by atoms with E-state index in [1.807, 2.05) is 0 Å². The van der Waals surface area contributed by atoms with Gasteiger partial charge in [0.15, 0.2) is 5.69 Å². The van der Waals surface area contributed by atoms with Gasteiger partial charge in [-0.3, -0.25) is 4.79 Å². The number of pyridine rings is 1. The van der Waals surface area contributed by atoms with Crippen LogP contribution in [0.5, 0.6) is 5.06 Å². The van der Waals surface area contributed by atoms with Crippen LogP contribution < -0.4 is 21.1 Å². The second-order valence-corrected chi connectivity index (χ2v) is 7.65. The molecule has 3 heterocycles. The Morgan fingerprint density at radius 3 is 2.83 bits per heavy atom. The van der Waals surface area contributed by atoms with E-state index in [-0.39, 0.29) is 22.6 Å². The van der Waals surface area contributed by atoms with Crippen LogP contribution >= 0.6 is 11.5 Å². The number of benzene rings is 1. The van der Waals surface area contributed by atoms with Gasteiger partial charge in [-0.25, -0.2) is 13.8 Å². The fourth-order valence-corrected chi connectivity index (χ4v) is 3.76. The van der Waals surface area contributed by atoms with Crippen molar-refractivity contribution in [2.45, 2.75) is 6.42 Å². The molecule has 0 saturated carbocycles. The molecule has 1 amide bonds. The van der Waals surface area contributed by atoms with E-state index in [0.29, 0.717) is 23.3 Å². The largest absolute Gasteiger partial charge is 0.481 e. The first kappa shape index (κ1) is 20.2. The number of nitrogens with zero attached hydrogens (tertiary/aromatic N) is 2. The van der Waals surface area contributed by atoms with Crippen molar-refractivity contribution < 1.29 is 18.3 Å². The molecule has 0 aliphatic carbocycles. The highest BCUT2D eigenvalue weighted by molar-refractivity contribution is 7.08. The van der Waals surface area contributed by atoms with Crippen molar-refractivity contribution >= 4 is 28.8 Å². The van der Waals surface area contributed by atoms with Gasteiger partial charge < -0.3 is 21.1 Å². The van der Waals surface area contributed by atoms with Gasteiger partial charge in [-0.15, -0.1) is 0 Å². The average Bonchev–Trinajstić information content (AvgIpc) is 3.39. The van der Waals surface area contributed by atoms with Gasteiger partial charge in [-0.2, -0.15) is 4.37 Å². The molecule has 0 radical (unpaired) electrons. The van der Waals surface area contributed by atoms with Crippen molar-refractivity contribution in [3.8, 4) is 16.3 Å². The van der Waals surface area contributed by atoms with Gasteiger partial charge >= 0.3 is 0 Å².